The molecule has 0 aliphatic heterocycles. The van der Waals surface area contributed by atoms with Gasteiger partial charge in [0.05, 0.1) is 10.6 Å². The van der Waals surface area contributed by atoms with Crippen molar-refractivity contribution >= 4 is 22.2 Å². The van der Waals surface area contributed by atoms with Gasteiger partial charge in [-0.25, -0.2) is 8.42 Å². The van der Waals surface area contributed by atoms with E-state index in [4.69, 9.17) is 0 Å². The lowest BCUT2D eigenvalue weighted by Crippen LogP contribution is -2.05. The molecule has 0 saturated heterocycles. The maximum absolute atomic E-state index is 12.1. The number of aromatic nitrogens is 1. The number of hydrogen-bond acceptors (Lipinski definition) is 3. The van der Waals surface area contributed by atoms with Crippen LogP contribution >= 0.6 is 12.4 Å². The second kappa shape index (κ2) is 5.98. The fraction of sp³-hybridized carbons (Fsp3) is 0.154. The predicted molar refractivity (Wildman–Crippen MR) is 73.6 cm³/mol. The summed E-state index contributed by atoms with van der Waals surface area (Å²) in [6.45, 7) is 1.93. The zero-order valence-electron chi connectivity index (χ0n) is 9.91. The molecule has 0 atom stereocenters. The molecule has 0 spiro atoms. The van der Waals surface area contributed by atoms with Gasteiger partial charge < -0.3 is 0 Å². The summed E-state index contributed by atoms with van der Waals surface area (Å²) >= 11 is 0. The molecule has 2 aromatic rings. The van der Waals surface area contributed by atoms with E-state index in [0.717, 1.165) is 5.56 Å². The fourth-order valence-electron chi connectivity index (χ4n) is 1.53. The van der Waals surface area contributed by atoms with Crippen molar-refractivity contribution in [2.45, 2.75) is 17.6 Å². The SMILES string of the molecule is Cc1ccc(S(=O)(=O)Cc2cccnc2)cc1.Cl. The van der Waals surface area contributed by atoms with Gasteiger partial charge in [-0.3, -0.25) is 4.98 Å². The first kappa shape index (κ1) is 14.7. The average molecular weight is 284 g/mol. The molecular formula is C13H14ClNO2S. The molecule has 1 heterocycles. The van der Waals surface area contributed by atoms with Crippen LogP contribution in [0.25, 0.3) is 0 Å². The third kappa shape index (κ3) is 3.55. The van der Waals surface area contributed by atoms with E-state index in [-0.39, 0.29) is 18.2 Å². The zero-order chi connectivity index (χ0) is 12.3. The van der Waals surface area contributed by atoms with Crippen molar-refractivity contribution in [2.75, 3.05) is 0 Å². The van der Waals surface area contributed by atoms with Crippen LogP contribution < -0.4 is 0 Å². The molecule has 0 radical (unpaired) electrons. The minimum Gasteiger partial charge on any atom is -0.264 e. The topological polar surface area (TPSA) is 47.0 Å². The van der Waals surface area contributed by atoms with E-state index in [1.54, 1.807) is 48.8 Å². The second-order valence-corrected chi connectivity index (χ2v) is 5.92. The average Bonchev–Trinajstić information content (AvgIpc) is 2.30. The summed E-state index contributed by atoms with van der Waals surface area (Å²) in [5.74, 6) is -0.0100. The summed E-state index contributed by atoms with van der Waals surface area (Å²) in [5, 5.41) is 0. The van der Waals surface area contributed by atoms with Crippen LogP contribution in [0.2, 0.25) is 0 Å². The molecule has 0 aliphatic rings. The molecule has 0 unspecified atom stereocenters. The van der Waals surface area contributed by atoms with Crippen molar-refractivity contribution in [1.82, 2.24) is 4.98 Å². The molecule has 2 rings (SSSR count). The van der Waals surface area contributed by atoms with Crippen LogP contribution in [0.4, 0.5) is 0 Å². The number of benzene rings is 1. The first-order chi connectivity index (χ1) is 8.08. The monoisotopic (exact) mass is 283 g/mol. The Bertz CT molecular complexity index is 595. The summed E-state index contributed by atoms with van der Waals surface area (Å²) < 4.78 is 24.2. The van der Waals surface area contributed by atoms with E-state index in [0.29, 0.717) is 10.5 Å². The summed E-state index contributed by atoms with van der Waals surface area (Å²) in [7, 11) is -3.27. The van der Waals surface area contributed by atoms with E-state index in [2.05, 4.69) is 4.98 Å². The fourth-order valence-corrected chi connectivity index (χ4v) is 2.86. The van der Waals surface area contributed by atoms with Crippen molar-refractivity contribution < 1.29 is 8.42 Å². The maximum Gasteiger partial charge on any atom is 0.182 e. The van der Waals surface area contributed by atoms with E-state index < -0.39 is 9.84 Å². The minimum atomic E-state index is -3.27. The van der Waals surface area contributed by atoms with Crippen LogP contribution in [-0.2, 0) is 15.6 Å². The quantitative estimate of drug-likeness (QED) is 0.870. The molecule has 0 N–H and O–H groups in total. The second-order valence-electron chi connectivity index (χ2n) is 3.93. The van der Waals surface area contributed by atoms with Crippen LogP contribution in [-0.4, -0.2) is 13.4 Å². The van der Waals surface area contributed by atoms with Crippen LogP contribution in [0.3, 0.4) is 0 Å². The number of sulfone groups is 1. The molecule has 18 heavy (non-hydrogen) atoms. The smallest absolute Gasteiger partial charge is 0.182 e. The number of hydrogen-bond donors (Lipinski definition) is 0. The molecule has 0 aliphatic carbocycles. The molecule has 0 amide bonds. The highest BCUT2D eigenvalue weighted by molar-refractivity contribution is 7.90. The Hall–Kier alpha value is -1.39. The van der Waals surface area contributed by atoms with Crippen LogP contribution in [0.15, 0.2) is 53.7 Å². The summed E-state index contributed by atoms with van der Waals surface area (Å²) in [6.07, 6.45) is 3.20. The predicted octanol–water partition coefficient (Wildman–Crippen LogP) is 2.79. The normalized spacial score (nSPS) is 10.7. The van der Waals surface area contributed by atoms with E-state index in [1.165, 1.54) is 0 Å². The van der Waals surface area contributed by atoms with Gasteiger partial charge in [-0.05, 0) is 30.7 Å². The third-order valence-electron chi connectivity index (χ3n) is 2.46. The van der Waals surface area contributed by atoms with Gasteiger partial charge in [-0.1, -0.05) is 23.8 Å². The molecular weight excluding hydrogens is 270 g/mol. The van der Waals surface area contributed by atoms with Gasteiger partial charge in [0.25, 0.3) is 0 Å². The number of nitrogens with zero attached hydrogens (tertiary/aromatic N) is 1. The molecule has 3 nitrogen and oxygen atoms in total. The maximum atomic E-state index is 12.1. The lowest BCUT2D eigenvalue weighted by Gasteiger charge is -2.04. The van der Waals surface area contributed by atoms with Gasteiger partial charge in [-0.2, -0.15) is 0 Å². The van der Waals surface area contributed by atoms with Gasteiger partial charge >= 0.3 is 0 Å². The van der Waals surface area contributed by atoms with E-state index >= 15 is 0 Å². The van der Waals surface area contributed by atoms with Crippen molar-refractivity contribution in [2.24, 2.45) is 0 Å². The Balaban J connectivity index is 0.00000162. The molecule has 1 aromatic carbocycles. The standard InChI is InChI=1S/C13H13NO2S.ClH/c1-11-4-6-13(7-5-11)17(15,16)10-12-3-2-8-14-9-12;/h2-9H,10H2,1H3;1H. The van der Waals surface area contributed by atoms with E-state index in [1.807, 2.05) is 6.92 Å². The summed E-state index contributed by atoms with van der Waals surface area (Å²) in [5.41, 5.74) is 1.75. The van der Waals surface area contributed by atoms with Gasteiger partial charge in [0.1, 0.15) is 0 Å². The Kier molecular flexibility index (Phi) is 4.87. The first-order valence-corrected chi connectivity index (χ1v) is 6.91. The van der Waals surface area contributed by atoms with Gasteiger partial charge in [0.15, 0.2) is 9.84 Å². The Morgan fingerprint density at radius 3 is 2.33 bits per heavy atom. The lowest BCUT2D eigenvalue weighted by atomic mass is 10.2. The zero-order valence-corrected chi connectivity index (χ0v) is 11.5. The molecule has 96 valence electrons. The molecule has 0 saturated carbocycles. The van der Waals surface area contributed by atoms with Crippen LogP contribution in [0.1, 0.15) is 11.1 Å². The van der Waals surface area contributed by atoms with Crippen molar-refractivity contribution in [1.29, 1.82) is 0 Å². The Morgan fingerprint density at radius 1 is 1.11 bits per heavy atom. The summed E-state index contributed by atoms with van der Waals surface area (Å²) in [4.78, 5) is 4.27. The molecule has 5 heteroatoms. The third-order valence-corrected chi connectivity index (χ3v) is 4.16. The molecule has 0 fully saturated rings. The van der Waals surface area contributed by atoms with Crippen molar-refractivity contribution in [3.05, 3.63) is 59.9 Å². The Labute approximate surface area is 113 Å². The van der Waals surface area contributed by atoms with Crippen LogP contribution in [0.5, 0.6) is 0 Å². The van der Waals surface area contributed by atoms with E-state index in [9.17, 15) is 8.42 Å². The van der Waals surface area contributed by atoms with Gasteiger partial charge in [0, 0.05) is 12.4 Å². The van der Waals surface area contributed by atoms with Crippen molar-refractivity contribution in [3.8, 4) is 0 Å². The first-order valence-electron chi connectivity index (χ1n) is 5.26. The van der Waals surface area contributed by atoms with Crippen LogP contribution in [0, 0.1) is 6.92 Å². The number of pyridine rings is 1. The number of rotatable bonds is 3. The lowest BCUT2D eigenvalue weighted by molar-refractivity contribution is 0.595. The minimum absolute atomic E-state index is 0. The summed E-state index contributed by atoms with van der Waals surface area (Å²) in [6, 6.07) is 10.4. The number of halogens is 1. The van der Waals surface area contributed by atoms with Gasteiger partial charge in [0.2, 0.25) is 0 Å². The highest BCUT2D eigenvalue weighted by Crippen LogP contribution is 2.16. The highest BCUT2D eigenvalue weighted by atomic mass is 35.5. The van der Waals surface area contributed by atoms with Gasteiger partial charge in [-0.15, -0.1) is 12.4 Å². The highest BCUT2D eigenvalue weighted by Gasteiger charge is 2.14. The largest absolute Gasteiger partial charge is 0.264 e. The molecule has 1 aromatic heterocycles. The van der Waals surface area contributed by atoms with Crippen molar-refractivity contribution in [3.63, 3.8) is 0 Å². The molecule has 0 bridgehead atoms. The number of aryl methyl sites for hydroxylation is 1. The Morgan fingerprint density at radius 2 is 1.78 bits per heavy atom.